The number of nitrogens with one attached hydrogen (secondary N) is 1. The third kappa shape index (κ3) is 7.58. The zero-order valence-corrected chi connectivity index (χ0v) is 24.6. The van der Waals surface area contributed by atoms with E-state index in [1.54, 1.807) is 9.80 Å². The normalized spacial score (nSPS) is 22.0. The van der Waals surface area contributed by atoms with Gasteiger partial charge in [-0.05, 0) is 49.1 Å². The summed E-state index contributed by atoms with van der Waals surface area (Å²) >= 11 is 0. The van der Waals surface area contributed by atoms with E-state index in [-0.39, 0.29) is 18.0 Å². The molecule has 2 aromatic carbocycles. The van der Waals surface area contributed by atoms with Gasteiger partial charge in [-0.15, -0.1) is 0 Å². The third-order valence-corrected chi connectivity index (χ3v) is 9.23. The maximum Gasteiger partial charge on any atom is 0.312 e. The van der Waals surface area contributed by atoms with E-state index in [4.69, 9.17) is 0 Å². The highest BCUT2D eigenvalue weighted by molar-refractivity contribution is 6.36. The SMILES string of the molecule is O=C1NC[C@@H](CCCCN2C[C@H](Cc3ccccc3)N(CCC3CCCCC3)C(=O)C2=O)N(Cc2ccccc2)C1=O. The second kappa shape index (κ2) is 14.5. The zero-order valence-electron chi connectivity index (χ0n) is 24.6. The number of carbonyl (C=O) groups excluding carboxylic acids is 4. The number of hydrogen-bond acceptors (Lipinski definition) is 4. The van der Waals surface area contributed by atoms with Gasteiger partial charge in [0.1, 0.15) is 0 Å². The van der Waals surface area contributed by atoms with Gasteiger partial charge in [0.05, 0.1) is 6.04 Å². The molecule has 0 unspecified atom stereocenters. The van der Waals surface area contributed by atoms with Gasteiger partial charge in [-0.3, -0.25) is 19.2 Å². The summed E-state index contributed by atoms with van der Waals surface area (Å²) in [5.74, 6) is -1.17. The predicted octanol–water partition coefficient (Wildman–Crippen LogP) is 3.94. The molecule has 0 bridgehead atoms. The number of amides is 4. The van der Waals surface area contributed by atoms with E-state index in [9.17, 15) is 19.2 Å². The molecule has 2 saturated heterocycles. The van der Waals surface area contributed by atoms with Crippen molar-refractivity contribution < 1.29 is 19.2 Å². The highest BCUT2D eigenvalue weighted by atomic mass is 16.2. The van der Waals surface area contributed by atoms with Crippen molar-refractivity contribution in [2.24, 2.45) is 5.92 Å². The van der Waals surface area contributed by atoms with Crippen molar-refractivity contribution in [1.82, 2.24) is 20.0 Å². The molecule has 2 aromatic rings. The average Bonchev–Trinajstić information content (AvgIpc) is 3.02. The quantitative estimate of drug-likeness (QED) is 0.308. The maximum atomic E-state index is 13.4. The minimum Gasteiger partial charge on any atom is -0.346 e. The van der Waals surface area contributed by atoms with Crippen molar-refractivity contribution in [3.05, 3.63) is 71.8 Å². The lowest BCUT2D eigenvalue weighted by atomic mass is 9.86. The molecule has 2 heterocycles. The highest BCUT2D eigenvalue weighted by Gasteiger charge is 2.39. The Balaban J connectivity index is 1.17. The lowest BCUT2D eigenvalue weighted by molar-refractivity contribution is -0.159. The molecule has 3 aliphatic rings. The zero-order chi connectivity index (χ0) is 29.3. The van der Waals surface area contributed by atoms with E-state index in [1.807, 2.05) is 53.4 Å². The Hall–Kier alpha value is -3.68. The third-order valence-electron chi connectivity index (χ3n) is 9.23. The van der Waals surface area contributed by atoms with E-state index >= 15 is 0 Å². The minimum absolute atomic E-state index is 0.0336. The van der Waals surface area contributed by atoms with Crippen molar-refractivity contribution in [1.29, 1.82) is 0 Å². The Morgan fingerprint density at radius 2 is 1.36 bits per heavy atom. The molecule has 2 aliphatic heterocycles. The van der Waals surface area contributed by atoms with Gasteiger partial charge < -0.3 is 20.0 Å². The van der Waals surface area contributed by atoms with Gasteiger partial charge in [0.2, 0.25) is 0 Å². The van der Waals surface area contributed by atoms with Crippen LogP contribution < -0.4 is 5.32 Å². The largest absolute Gasteiger partial charge is 0.346 e. The van der Waals surface area contributed by atoms with Crippen molar-refractivity contribution >= 4 is 23.6 Å². The second-order valence-corrected chi connectivity index (χ2v) is 12.2. The molecule has 5 rings (SSSR count). The molecule has 4 amide bonds. The van der Waals surface area contributed by atoms with Gasteiger partial charge in [0.25, 0.3) is 0 Å². The first kappa shape index (κ1) is 29.8. The van der Waals surface area contributed by atoms with Crippen LogP contribution in [0.15, 0.2) is 60.7 Å². The molecule has 8 nitrogen and oxygen atoms in total. The highest BCUT2D eigenvalue weighted by Crippen LogP contribution is 2.28. The Kier molecular flexibility index (Phi) is 10.3. The van der Waals surface area contributed by atoms with Gasteiger partial charge in [0.15, 0.2) is 0 Å². The molecule has 3 fully saturated rings. The average molecular weight is 573 g/mol. The lowest BCUT2D eigenvalue weighted by Crippen LogP contribution is -2.60. The molecule has 1 N–H and O–H groups in total. The van der Waals surface area contributed by atoms with Gasteiger partial charge >= 0.3 is 23.6 Å². The summed E-state index contributed by atoms with van der Waals surface area (Å²) in [7, 11) is 0. The number of unbranched alkanes of at least 4 members (excludes halogenated alkanes) is 1. The number of hydrogen-bond donors (Lipinski definition) is 1. The van der Waals surface area contributed by atoms with Crippen molar-refractivity contribution in [3.63, 3.8) is 0 Å². The maximum absolute atomic E-state index is 13.4. The van der Waals surface area contributed by atoms with Crippen LogP contribution in [0.2, 0.25) is 0 Å². The van der Waals surface area contributed by atoms with Crippen LogP contribution in [0.5, 0.6) is 0 Å². The minimum atomic E-state index is -0.558. The summed E-state index contributed by atoms with van der Waals surface area (Å²) in [6.45, 7) is 2.53. The van der Waals surface area contributed by atoms with Gasteiger partial charge in [-0.25, -0.2) is 0 Å². The van der Waals surface area contributed by atoms with Crippen molar-refractivity contribution in [3.8, 4) is 0 Å². The number of rotatable bonds is 12. The van der Waals surface area contributed by atoms with Crippen LogP contribution in [-0.4, -0.2) is 76.6 Å². The van der Waals surface area contributed by atoms with Gasteiger partial charge in [-0.2, -0.15) is 0 Å². The lowest BCUT2D eigenvalue weighted by Gasteiger charge is -2.41. The van der Waals surface area contributed by atoms with E-state index in [0.29, 0.717) is 38.6 Å². The molecule has 0 radical (unpaired) electrons. The Bertz CT molecular complexity index is 1210. The number of nitrogens with zero attached hydrogens (tertiary/aromatic N) is 3. The van der Waals surface area contributed by atoms with E-state index < -0.39 is 17.7 Å². The summed E-state index contributed by atoms with van der Waals surface area (Å²) in [4.78, 5) is 56.7. The van der Waals surface area contributed by atoms with Crippen LogP contribution in [0.4, 0.5) is 0 Å². The van der Waals surface area contributed by atoms with E-state index in [2.05, 4.69) is 17.4 Å². The van der Waals surface area contributed by atoms with Gasteiger partial charge in [-0.1, -0.05) is 92.8 Å². The molecular formula is C34H44N4O4. The Morgan fingerprint density at radius 3 is 2.07 bits per heavy atom. The molecule has 42 heavy (non-hydrogen) atoms. The first-order valence-electron chi connectivity index (χ1n) is 15.8. The van der Waals surface area contributed by atoms with Crippen LogP contribution >= 0.6 is 0 Å². The monoisotopic (exact) mass is 572 g/mol. The molecule has 1 aliphatic carbocycles. The fourth-order valence-electron chi connectivity index (χ4n) is 6.81. The number of carbonyl (C=O) groups is 4. The summed E-state index contributed by atoms with van der Waals surface area (Å²) in [6.07, 6.45) is 10.2. The van der Waals surface area contributed by atoms with Gasteiger partial charge in [0, 0.05) is 38.8 Å². The molecule has 2 atom stereocenters. The van der Waals surface area contributed by atoms with E-state index in [0.717, 1.165) is 37.7 Å². The summed E-state index contributed by atoms with van der Waals surface area (Å²) in [6, 6.07) is 19.8. The Labute approximate surface area is 249 Å². The molecule has 0 spiro atoms. The van der Waals surface area contributed by atoms with Crippen LogP contribution in [-0.2, 0) is 32.1 Å². The summed E-state index contributed by atoms with van der Waals surface area (Å²) in [5.41, 5.74) is 2.16. The first-order chi connectivity index (χ1) is 20.5. The number of benzene rings is 2. The Morgan fingerprint density at radius 1 is 0.667 bits per heavy atom. The molecule has 224 valence electrons. The smallest absolute Gasteiger partial charge is 0.312 e. The first-order valence-corrected chi connectivity index (χ1v) is 15.8. The topological polar surface area (TPSA) is 90.0 Å². The fraction of sp³-hybridized carbons (Fsp3) is 0.529. The molecule has 1 saturated carbocycles. The van der Waals surface area contributed by atoms with E-state index in [1.165, 1.54) is 37.7 Å². The van der Waals surface area contributed by atoms with Crippen LogP contribution in [0, 0.1) is 5.92 Å². The summed E-state index contributed by atoms with van der Waals surface area (Å²) in [5, 5.41) is 2.73. The van der Waals surface area contributed by atoms with Crippen LogP contribution in [0.1, 0.15) is 68.9 Å². The predicted molar refractivity (Wildman–Crippen MR) is 161 cm³/mol. The number of piperazine rings is 2. The fourth-order valence-corrected chi connectivity index (χ4v) is 6.81. The molecular weight excluding hydrogens is 528 g/mol. The standard InChI is InChI=1S/C34H44N4O4/c39-31-32(40)38(24-28-16-8-3-9-17-28)29(23-35-31)18-10-11-20-36-25-30(22-27-14-6-2-7-15-27)37(34(42)33(36)41)21-19-26-12-4-1-5-13-26/h2-3,6-9,14-17,26,29-30H,1,4-5,10-13,18-25H2,(H,35,39)/t29-,30+/m1/s1. The molecule has 0 aromatic heterocycles. The van der Waals surface area contributed by atoms with Crippen LogP contribution in [0.25, 0.3) is 0 Å². The van der Waals surface area contributed by atoms with Crippen molar-refractivity contribution in [2.45, 2.75) is 82.8 Å². The molecule has 8 heteroatoms. The summed E-state index contributed by atoms with van der Waals surface area (Å²) < 4.78 is 0. The van der Waals surface area contributed by atoms with Crippen molar-refractivity contribution in [2.75, 3.05) is 26.2 Å². The second-order valence-electron chi connectivity index (χ2n) is 12.2. The van der Waals surface area contributed by atoms with Crippen LogP contribution in [0.3, 0.4) is 0 Å².